The molecule has 28 heavy (non-hydrogen) atoms. The Balaban J connectivity index is 0.00000392. The molecule has 2 rings (SSSR count). The largest absolute Gasteiger partial charge is 1.00 e. The van der Waals surface area contributed by atoms with Gasteiger partial charge in [0.05, 0.1) is 18.6 Å². The van der Waals surface area contributed by atoms with Crippen LogP contribution in [0.4, 0.5) is 4.79 Å². The van der Waals surface area contributed by atoms with Crippen molar-refractivity contribution in [2.45, 2.75) is 39.2 Å². The van der Waals surface area contributed by atoms with Gasteiger partial charge in [-0.3, -0.25) is 0 Å². The van der Waals surface area contributed by atoms with Gasteiger partial charge in [-0.1, -0.05) is 74.0 Å². The standard InChI is InChI=1S/C23H32N2O2.ClH/c1-4-17-23(20-13-9-7-10-14-20,21-15-11-8-12-16-21)24-22(26)27-19-18-25(5-2)6-3;/h7-16H,4-6,17-19H2,1-3H3,(H,24,26);1H. The maximum Gasteiger partial charge on any atom is 0.408 e. The van der Waals surface area contributed by atoms with Gasteiger partial charge < -0.3 is 27.4 Å². The normalized spacial score (nSPS) is 11.0. The first kappa shape index (κ1) is 24.0. The van der Waals surface area contributed by atoms with Crippen molar-refractivity contribution in [2.75, 3.05) is 26.2 Å². The Morgan fingerprint density at radius 3 is 1.86 bits per heavy atom. The first-order valence-electron chi connectivity index (χ1n) is 10.1. The Morgan fingerprint density at radius 1 is 0.929 bits per heavy atom. The van der Waals surface area contributed by atoms with Crippen LogP contribution in [0.2, 0.25) is 0 Å². The Kier molecular flexibility index (Phi) is 10.6. The van der Waals surface area contributed by atoms with Gasteiger partial charge in [-0.05, 0) is 31.4 Å². The number of amides is 1. The second-order valence-corrected chi connectivity index (χ2v) is 6.86. The van der Waals surface area contributed by atoms with Crippen LogP contribution in [0.25, 0.3) is 0 Å². The van der Waals surface area contributed by atoms with E-state index in [0.29, 0.717) is 6.61 Å². The molecule has 0 fully saturated rings. The average Bonchev–Trinajstić information content (AvgIpc) is 2.72. The van der Waals surface area contributed by atoms with Gasteiger partial charge in [-0.25, -0.2) is 4.79 Å². The number of likely N-dealkylation sites (N-methyl/N-ethyl adjacent to an activating group) is 1. The third-order valence-corrected chi connectivity index (χ3v) is 5.16. The molecule has 0 aromatic heterocycles. The van der Waals surface area contributed by atoms with Crippen LogP contribution in [0.1, 0.15) is 44.7 Å². The number of benzene rings is 2. The molecule has 2 N–H and O–H groups in total. The summed E-state index contributed by atoms with van der Waals surface area (Å²) in [5, 5.41) is 3.20. The highest BCUT2D eigenvalue weighted by atomic mass is 35.5. The van der Waals surface area contributed by atoms with Gasteiger partial charge >= 0.3 is 6.09 Å². The Morgan fingerprint density at radius 2 is 1.43 bits per heavy atom. The lowest BCUT2D eigenvalue weighted by Gasteiger charge is -2.35. The van der Waals surface area contributed by atoms with E-state index in [9.17, 15) is 4.79 Å². The van der Waals surface area contributed by atoms with Crippen molar-refractivity contribution in [1.82, 2.24) is 5.32 Å². The zero-order valence-electron chi connectivity index (χ0n) is 17.2. The van der Waals surface area contributed by atoms with Gasteiger partial charge in [-0.15, -0.1) is 0 Å². The Hall–Kier alpha value is -2.04. The second-order valence-electron chi connectivity index (χ2n) is 6.86. The molecule has 0 bridgehead atoms. The average molecular weight is 405 g/mol. The zero-order valence-corrected chi connectivity index (χ0v) is 18.0. The van der Waals surface area contributed by atoms with Crippen molar-refractivity contribution in [3.8, 4) is 0 Å². The molecular weight excluding hydrogens is 372 g/mol. The first-order valence-corrected chi connectivity index (χ1v) is 10.1. The van der Waals surface area contributed by atoms with E-state index in [2.05, 4.69) is 50.4 Å². The molecule has 154 valence electrons. The second kappa shape index (κ2) is 12.4. The molecule has 0 unspecified atom stereocenters. The summed E-state index contributed by atoms with van der Waals surface area (Å²) in [7, 11) is 0. The number of hydrogen-bond donors (Lipinski definition) is 2. The summed E-state index contributed by atoms with van der Waals surface area (Å²) in [6, 6.07) is 20.3. The molecule has 0 heterocycles. The molecule has 2 aromatic carbocycles. The number of alkyl carbamates (subject to hydrolysis) is 1. The predicted molar refractivity (Wildman–Crippen MR) is 110 cm³/mol. The van der Waals surface area contributed by atoms with Crippen LogP contribution in [-0.2, 0) is 10.3 Å². The molecule has 0 saturated carbocycles. The minimum atomic E-state index is -0.587. The van der Waals surface area contributed by atoms with Crippen LogP contribution in [0.5, 0.6) is 0 Å². The molecule has 0 aliphatic heterocycles. The summed E-state index contributed by atoms with van der Waals surface area (Å²) in [5.41, 5.74) is 1.56. The molecule has 1 amide bonds. The van der Waals surface area contributed by atoms with Gasteiger partial charge in [0.1, 0.15) is 13.2 Å². The minimum absolute atomic E-state index is 0. The Labute approximate surface area is 175 Å². The van der Waals surface area contributed by atoms with E-state index < -0.39 is 5.54 Å². The number of carbonyl (C=O) groups is 1. The molecule has 0 aliphatic carbocycles. The van der Waals surface area contributed by atoms with Crippen molar-refractivity contribution in [2.24, 2.45) is 0 Å². The summed E-state index contributed by atoms with van der Waals surface area (Å²) >= 11 is 0. The minimum Gasteiger partial charge on any atom is -1.00 e. The SMILES string of the molecule is CCCC(NC(=O)OCC[NH+](CC)CC)(c1ccccc1)c1ccccc1.[Cl-]. The maximum atomic E-state index is 12.7. The Bertz CT molecular complexity index is 636. The number of rotatable bonds is 10. The van der Waals surface area contributed by atoms with Gasteiger partial charge in [0.15, 0.2) is 0 Å². The number of quaternary nitrogens is 1. The smallest absolute Gasteiger partial charge is 0.408 e. The lowest BCUT2D eigenvalue weighted by atomic mass is 9.79. The van der Waals surface area contributed by atoms with E-state index in [0.717, 1.165) is 43.6 Å². The van der Waals surface area contributed by atoms with E-state index in [4.69, 9.17) is 4.74 Å². The fraction of sp³-hybridized carbons (Fsp3) is 0.435. The van der Waals surface area contributed by atoms with Crippen LogP contribution in [0, 0.1) is 0 Å². The summed E-state index contributed by atoms with van der Waals surface area (Å²) in [6.45, 7) is 9.76. The van der Waals surface area contributed by atoms with Crippen LogP contribution in [0.15, 0.2) is 60.7 Å². The number of halogens is 1. The monoisotopic (exact) mass is 404 g/mol. The van der Waals surface area contributed by atoms with Gasteiger partial charge in [0, 0.05) is 0 Å². The topological polar surface area (TPSA) is 42.8 Å². The van der Waals surface area contributed by atoms with Crippen molar-refractivity contribution in [3.63, 3.8) is 0 Å². The van der Waals surface area contributed by atoms with Crippen molar-refractivity contribution < 1.29 is 26.8 Å². The summed E-state index contributed by atoms with van der Waals surface area (Å²) in [5.74, 6) is 0. The fourth-order valence-electron chi connectivity index (χ4n) is 3.58. The van der Waals surface area contributed by atoms with Crippen LogP contribution >= 0.6 is 0 Å². The summed E-state index contributed by atoms with van der Waals surface area (Å²) in [6.07, 6.45) is 1.38. The number of hydrogen-bond acceptors (Lipinski definition) is 2. The highest BCUT2D eigenvalue weighted by molar-refractivity contribution is 5.70. The lowest BCUT2D eigenvalue weighted by molar-refractivity contribution is -0.896. The molecule has 4 nitrogen and oxygen atoms in total. The molecule has 0 aliphatic rings. The number of nitrogens with one attached hydrogen (secondary N) is 2. The third kappa shape index (κ3) is 6.25. The first-order chi connectivity index (χ1) is 13.2. The van der Waals surface area contributed by atoms with Gasteiger partial charge in [-0.2, -0.15) is 0 Å². The van der Waals surface area contributed by atoms with Gasteiger partial charge in [0.2, 0.25) is 0 Å². The third-order valence-electron chi connectivity index (χ3n) is 5.16. The summed E-state index contributed by atoms with van der Waals surface area (Å²) in [4.78, 5) is 14.1. The van der Waals surface area contributed by atoms with Crippen LogP contribution in [0.3, 0.4) is 0 Å². The molecular formula is C23H33ClN2O2. The van der Waals surface area contributed by atoms with E-state index in [1.54, 1.807) is 0 Å². The maximum absolute atomic E-state index is 12.7. The molecule has 0 spiro atoms. The number of ether oxygens (including phenoxy) is 1. The lowest BCUT2D eigenvalue weighted by Crippen LogP contribution is -3.11. The van der Waals surface area contributed by atoms with E-state index in [-0.39, 0.29) is 18.5 Å². The van der Waals surface area contributed by atoms with Crippen LogP contribution in [-0.4, -0.2) is 32.3 Å². The quantitative estimate of drug-likeness (QED) is 0.601. The van der Waals surface area contributed by atoms with E-state index in [1.807, 2.05) is 36.4 Å². The summed E-state index contributed by atoms with van der Waals surface area (Å²) < 4.78 is 5.55. The molecule has 0 radical (unpaired) electrons. The molecule has 0 saturated heterocycles. The van der Waals surface area contributed by atoms with Crippen molar-refractivity contribution >= 4 is 6.09 Å². The van der Waals surface area contributed by atoms with Crippen molar-refractivity contribution in [1.29, 1.82) is 0 Å². The highest BCUT2D eigenvalue weighted by Crippen LogP contribution is 2.34. The highest BCUT2D eigenvalue weighted by Gasteiger charge is 2.35. The molecule has 5 heteroatoms. The number of carbonyl (C=O) groups excluding carboxylic acids is 1. The fourth-order valence-corrected chi connectivity index (χ4v) is 3.58. The van der Waals surface area contributed by atoms with E-state index in [1.165, 1.54) is 4.90 Å². The van der Waals surface area contributed by atoms with Crippen LogP contribution < -0.4 is 22.6 Å². The van der Waals surface area contributed by atoms with Crippen molar-refractivity contribution in [3.05, 3.63) is 71.8 Å². The molecule has 2 aromatic rings. The molecule has 0 atom stereocenters. The van der Waals surface area contributed by atoms with E-state index >= 15 is 0 Å². The zero-order chi connectivity index (χ0) is 19.5. The predicted octanol–water partition coefficient (Wildman–Crippen LogP) is 0.385. The van der Waals surface area contributed by atoms with Gasteiger partial charge in [0.25, 0.3) is 0 Å².